The molecule has 4 heterocycles. The Morgan fingerprint density at radius 2 is 1.97 bits per heavy atom. The van der Waals surface area contributed by atoms with Crippen LogP contribution in [0.1, 0.15) is 47.9 Å². The number of amides is 1. The van der Waals surface area contributed by atoms with Crippen LogP contribution < -0.4 is 4.74 Å². The lowest BCUT2D eigenvalue weighted by Crippen LogP contribution is -2.37. The largest absolute Gasteiger partial charge is 0.465 e. The second kappa shape index (κ2) is 11.5. The van der Waals surface area contributed by atoms with Crippen LogP contribution in [0.25, 0.3) is 11.0 Å². The van der Waals surface area contributed by atoms with E-state index in [4.69, 9.17) is 14.2 Å². The zero-order chi connectivity index (χ0) is 27.4. The highest BCUT2D eigenvalue weighted by atomic mass is 28.3. The number of pyridine rings is 2. The van der Waals surface area contributed by atoms with Gasteiger partial charge >= 0.3 is 12.1 Å². The summed E-state index contributed by atoms with van der Waals surface area (Å²) in [6.45, 7) is 12.4. The second-order valence-electron chi connectivity index (χ2n) is 10.7. The van der Waals surface area contributed by atoms with Gasteiger partial charge in [-0.05, 0) is 43.2 Å². The highest BCUT2D eigenvalue weighted by Crippen LogP contribution is 2.35. The first-order valence-electron chi connectivity index (χ1n) is 13.0. The van der Waals surface area contributed by atoms with Gasteiger partial charge in [0.25, 0.3) is 0 Å². The van der Waals surface area contributed by atoms with Gasteiger partial charge in [0.15, 0.2) is 0 Å². The van der Waals surface area contributed by atoms with Gasteiger partial charge < -0.3 is 24.2 Å². The summed E-state index contributed by atoms with van der Waals surface area (Å²) >= 11 is 0. The summed E-state index contributed by atoms with van der Waals surface area (Å²) in [6.07, 6.45) is 3.12. The molecule has 0 saturated carbocycles. The van der Waals surface area contributed by atoms with Gasteiger partial charge in [-0.2, -0.15) is 0 Å². The smallest absolute Gasteiger partial charge is 0.407 e. The zero-order valence-corrected chi connectivity index (χ0v) is 23.7. The van der Waals surface area contributed by atoms with Crippen molar-refractivity contribution in [2.45, 2.75) is 65.1 Å². The van der Waals surface area contributed by atoms with Crippen molar-refractivity contribution in [3.8, 4) is 11.5 Å². The van der Waals surface area contributed by atoms with E-state index in [0.29, 0.717) is 41.4 Å². The molecule has 11 heteroatoms. The summed E-state index contributed by atoms with van der Waals surface area (Å²) in [7, 11) is -1.26. The Morgan fingerprint density at radius 3 is 2.66 bits per heavy atom. The van der Waals surface area contributed by atoms with E-state index >= 15 is 0 Å². The Bertz CT molecular complexity index is 1320. The Balaban J connectivity index is 1.65. The highest BCUT2D eigenvalue weighted by molar-refractivity contribution is 6.76. The molecule has 204 valence electrons. The second-order valence-corrected chi connectivity index (χ2v) is 16.3. The molecular weight excluding hydrogens is 504 g/mol. The van der Waals surface area contributed by atoms with Crippen LogP contribution in [0.15, 0.2) is 30.6 Å². The topological polar surface area (TPSA) is 116 Å². The van der Waals surface area contributed by atoms with Gasteiger partial charge in [-0.15, -0.1) is 0 Å². The molecule has 0 aliphatic carbocycles. The van der Waals surface area contributed by atoms with Crippen molar-refractivity contribution < 1.29 is 28.9 Å². The number of nitrogens with zero attached hydrogens (tertiary/aromatic N) is 4. The Hall–Kier alpha value is -3.44. The summed E-state index contributed by atoms with van der Waals surface area (Å²) in [5, 5.41) is 10.2. The lowest BCUT2D eigenvalue weighted by atomic mass is 9.93. The van der Waals surface area contributed by atoms with Crippen LogP contribution in [-0.4, -0.2) is 64.4 Å². The lowest BCUT2D eigenvalue weighted by molar-refractivity contribution is 0.0477. The first-order valence-corrected chi connectivity index (χ1v) is 16.7. The van der Waals surface area contributed by atoms with Crippen LogP contribution in [0.5, 0.6) is 11.5 Å². The Morgan fingerprint density at radius 1 is 1.18 bits per heavy atom. The van der Waals surface area contributed by atoms with Gasteiger partial charge in [-0.25, -0.2) is 14.6 Å². The highest BCUT2D eigenvalue weighted by Gasteiger charge is 2.29. The van der Waals surface area contributed by atoms with Crippen LogP contribution in [0.3, 0.4) is 0 Å². The lowest BCUT2D eigenvalue weighted by Gasteiger charge is -2.31. The quantitative estimate of drug-likeness (QED) is 0.198. The molecule has 1 aliphatic heterocycles. The molecular formula is C27H36N4O6Si. The van der Waals surface area contributed by atoms with Crippen molar-refractivity contribution >= 4 is 31.2 Å². The molecule has 1 amide bonds. The van der Waals surface area contributed by atoms with Crippen molar-refractivity contribution in [3.05, 3.63) is 47.5 Å². The van der Waals surface area contributed by atoms with E-state index in [1.54, 1.807) is 36.0 Å². The summed E-state index contributed by atoms with van der Waals surface area (Å²) < 4.78 is 19.2. The van der Waals surface area contributed by atoms with Crippen LogP contribution in [0.2, 0.25) is 25.7 Å². The third-order valence-corrected chi connectivity index (χ3v) is 8.32. The van der Waals surface area contributed by atoms with Crippen LogP contribution in [-0.2, 0) is 22.7 Å². The molecule has 0 aromatic carbocycles. The maximum atomic E-state index is 12.8. The predicted molar refractivity (Wildman–Crippen MR) is 146 cm³/mol. The molecule has 1 N–H and O–H groups in total. The van der Waals surface area contributed by atoms with Crippen molar-refractivity contribution in [1.29, 1.82) is 0 Å². The fraction of sp³-hybridized carbons (Fsp3) is 0.481. The van der Waals surface area contributed by atoms with Crippen molar-refractivity contribution in [2.24, 2.45) is 0 Å². The normalized spacial score (nSPS) is 15.4. The molecule has 1 aliphatic rings. The van der Waals surface area contributed by atoms with Crippen LogP contribution >= 0.6 is 0 Å². The third-order valence-electron chi connectivity index (χ3n) is 6.61. The van der Waals surface area contributed by atoms with Gasteiger partial charge in [-0.3, -0.25) is 9.55 Å². The van der Waals surface area contributed by atoms with E-state index in [2.05, 4.69) is 29.6 Å². The fourth-order valence-electron chi connectivity index (χ4n) is 4.52. The number of ether oxygens (including phenoxy) is 3. The number of esters is 1. The van der Waals surface area contributed by atoms with Crippen LogP contribution in [0.4, 0.5) is 4.79 Å². The SMILES string of the molecule is CCOC(=O)c1cc2c(Oc3cnc4c(c3)CN(C(=O)O)C[C@@H]4CC)ccnc2n1COCC[Si](C)(C)C. The predicted octanol–water partition coefficient (Wildman–Crippen LogP) is 5.70. The molecule has 10 nitrogen and oxygen atoms in total. The molecule has 38 heavy (non-hydrogen) atoms. The number of carbonyl (C=O) groups excluding carboxylic acids is 1. The average Bonchev–Trinajstić information content (AvgIpc) is 3.25. The Kier molecular flexibility index (Phi) is 8.37. The molecule has 0 unspecified atom stereocenters. The minimum absolute atomic E-state index is 0.0404. The molecule has 3 aromatic rings. The molecule has 1 atom stereocenters. The van der Waals surface area contributed by atoms with Crippen LogP contribution in [0, 0.1) is 0 Å². The van der Waals surface area contributed by atoms with Gasteiger partial charge in [0.05, 0.1) is 30.4 Å². The molecule has 0 spiro atoms. The van der Waals surface area contributed by atoms with E-state index in [1.165, 1.54) is 4.90 Å². The molecule has 0 saturated heterocycles. The number of carboxylic acid groups (broad SMARTS) is 1. The maximum absolute atomic E-state index is 12.8. The van der Waals surface area contributed by atoms with E-state index in [1.807, 2.05) is 13.0 Å². The minimum Gasteiger partial charge on any atom is -0.465 e. The number of fused-ring (bicyclic) bond motifs is 2. The molecule has 0 bridgehead atoms. The fourth-order valence-corrected chi connectivity index (χ4v) is 5.28. The molecule has 3 aromatic heterocycles. The van der Waals surface area contributed by atoms with Gasteiger partial charge in [0, 0.05) is 33.3 Å². The van der Waals surface area contributed by atoms with Crippen molar-refractivity contribution in [3.63, 3.8) is 0 Å². The third kappa shape index (κ3) is 6.16. The number of hydrogen-bond acceptors (Lipinski definition) is 7. The molecule has 0 radical (unpaired) electrons. The van der Waals surface area contributed by atoms with Gasteiger partial charge in [-0.1, -0.05) is 26.6 Å². The summed E-state index contributed by atoms with van der Waals surface area (Å²) in [5.41, 5.74) is 2.62. The summed E-state index contributed by atoms with van der Waals surface area (Å²) in [6, 6.07) is 6.29. The number of aromatic nitrogens is 3. The minimum atomic E-state index is -1.26. The monoisotopic (exact) mass is 540 g/mol. The summed E-state index contributed by atoms with van der Waals surface area (Å²) in [4.78, 5) is 35.0. The standard InChI is InChI=1S/C27H36N4O6Si/c1-6-18-15-30(27(33)34)16-19-12-20(14-29-24(18)19)37-23-8-9-28-25-21(23)13-22(26(32)36-7-2)31(25)17-35-10-11-38(3,4)5/h8-9,12-14,18H,6-7,10-11,15-17H2,1-5H3,(H,33,34)/t18-/m0/s1. The number of hydrogen-bond donors (Lipinski definition) is 1. The van der Waals surface area contributed by atoms with Crippen molar-refractivity contribution in [1.82, 2.24) is 19.4 Å². The number of rotatable bonds is 10. The van der Waals surface area contributed by atoms with Crippen molar-refractivity contribution in [2.75, 3.05) is 19.8 Å². The maximum Gasteiger partial charge on any atom is 0.407 e. The van der Waals surface area contributed by atoms with E-state index in [9.17, 15) is 14.7 Å². The average molecular weight is 541 g/mol. The van der Waals surface area contributed by atoms with E-state index < -0.39 is 20.1 Å². The number of carbonyl (C=O) groups is 2. The summed E-state index contributed by atoms with van der Waals surface area (Å²) in [5.74, 6) is 0.565. The first-order chi connectivity index (χ1) is 18.1. The van der Waals surface area contributed by atoms with Gasteiger partial charge in [0.2, 0.25) is 0 Å². The zero-order valence-electron chi connectivity index (χ0n) is 22.7. The van der Waals surface area contributed by atoms with Gasteiger partial charge in [0.1, 0.15) is 29.6 Å². The first kappa shape index (κ1) is 27.6. The molecule has 0 fully saturated rings. The van der Waals surface area contributed by atoms with E-state index in [-0.39, 0.29) is 25.8 Å². The Labute approximate surface area is 223 Å². The molecule has 4 rings (SSSR count). The van der Waals surface area contributed by atoms with E-state index in [0.717, 1.165) is 23.7 Å².